The van der Waals surface area contributed by atoms with E-state index in [4.69, 9.17) is 10.5 Å². The number of carbonyl (C=O) groups excluding carboxylic acids is 1. The highest BCUT2D eigenvalue weighted by atomic mass is 16.5. The van der Waals surface area contributed by atoms with Crippen LogP contribution >= 0.6 is 0 Å². The lowest BCUT2D eigenvalue weighted by atomic mass is 9.96. The molecule has 0 fully saturated rings. The highest BCUT2D eigenvalue weighted by Gasteiger charge is 2.23. The maximum Gasteiger partial charge on any atom is 0.163 e. The highest BCUT2D eigenvalue weighted by Crippen LogP contribution is 2.35. The molecule has 5 rings (SSSR count). The third kappa shape index (κ3) is 3.28. The second-order valence-corrected chi connectivity index (χ2v) is 8.11. The molecule has 1 unspecified atom stereocenters. The van der Waals surface area contributed by atoms with Crippen LogP contribution in [0.5, 0.6) is 5.75 Å². The van der Waals surface area contributed by atoms with Gasteiger partial charge in [-0.05, 0) is 42.3 Å². The Bertz CT molecular complexity index is 1470. The lowest BCUT2D eigenvalue weighted by molar-refractivity contribution is -0.116. The van der Waals surface area contributed by atoms with Gasteiger partial charge in [0.2, 0.25) is 0 Å². The van der Waals surface area contributed by atoms with Crippen LogP contribution in [0.3, 0.4) is 0 Å². The molecule has 0 radical (unpaired) electrons. The van der Waals surface area contributed by atoms with Crippen LogP contribution in [-0.4, -0.2) is 10.8 Å². The van der Waals surface area contributed by atoms with E-state index in [2.05, 4.69) is 29.7 Å². The zero-order chi connectivity index (χ0) is 22.4. The molecule has 0 spiro atoms. The van der Waals surface area contributed by atoms with Crippen LogP contribution in [0.25, 0.3) is 16.5 Å². The predicted molar refractivity (Wildman–Crippen MR) is 127 cm³/mol. The van der Waals surface area contributed by atoms with Gasteiger partial charge in [0, 0.05) is 34.0 Å². The average molecular weight is 422 g/mol. The average Bonchev–Trinajstić information content (AvgIpc) is 3.39. The summed E-state index contributed by atoms with van der Waals surface area (Å²) in [5, 5.41) is 2.76. The first-order valence-electron chi connectivity index (χ1n) is 10.5. The second-order valence-electron chi connectivity index (χ2n) is 8.11. The molecule has 3 aromatic rings. The molecule has 32 heavy (non-hydrogen) atoms. The van der Waals surface area contributed by atoms with Crippen molar-refractivity contribution in [3.63, 3.8) is 0 Å². The summed E-state index contributed by atoms with van der Waals surface area (Å²) in [7, 11) is 0. The van der Waals surface area contributed by atoms with Gasteiger partial charge in [0.1, 0.15) is 5.75 Å². The molecule has 3 N–H and O–H groups in total. The van der Waals surface area contributed by atoms with E-state index in [1.165, 1.54) is 0 Å². The number of nitrogens with zero attached hydrogens (tertiary/aromatic N) is 1. The number of nitrogens with two attached hydrogens (primary N) is 1. The number of rotatable bonds is 6. The van der Waals surface area contributed by atoms with Gasteiger partial charge >= 0.3 is 0 Å². The Morgan fingerprint density at radius 2 is 1.97 bits per heavy atom. The molecule has 1 aliphatic heterocycles. The number of allylic oxidation sites excluding steroid dienone is 5. The number of fused-ring (bicyclic) bond motifs is 2. The molecule has 0 saturated carbocycles. The largest absolute Gasteiger partial charge is 0.462 e. The van der Waals surface area contributed by atoms with E-state index < -0.39 is 0 Å². The molecule has 5 nitrogen and oxygen atoms in total. The summed E-state index contributed by atoms with van der Waals surface area (Å²) in [5.41, 5.74) is 11.3. The van der Waals surface area contributed by atoms with Crippen molar-refractivity contribution in [1.29, 1.82) is 0 Å². The van der Waals surface area contributed by atoms with Crippen molar-refractivity contribution in [2.45, 2.75) is 12.8 Å². The fourth-order valence-corrected chi connectivity index (χ4v) is 4.33. The molecule has 1 aromatic heterocycles. The lowest BCUT2D eigenvalue weighted by Gasteiger charge is -2.12. The van der Waals surface area contributed by atoms with Gasteiger partial charge in [0.25, 0.3) is 0 Å². The number of benzene rings is 2. The zero-order valence-electron chi connectivity index (χ0n) is 17.7. The van der Waals surface area contributed by atoms with E-state index in [9.17, 15) is 4.79 Å². The summed E-state index contributed by atoms with van der Waals surface area (Å²) in [6.07, 6.45) is 4.56. The highest BCUT2D eigenvalue weighted by molar-refractivity contribution is 6.01. The van der Waals surface area contributed by atoms with Crippen LogP contribution in [0.4, 0.5) is 5.69 Å². The minimum absolute atomic E-state index is 0.0937. The van der Waals surface area contributed by atoms with E-state index in [1.54, 1.807) is 12.2 Å². The molecule has 158 valence electrons. The van der Waals surface area contributed by atoms with Gasteiger partial charge in [-0.25, -0.2) is 4.99 Å². The van der Waals surface area contributed by atoms with Crippen molar-refractivity contribution in [2.24, 2.45) is 10.9 Å². The Labute approximate surface area is 185 Å². The first-order valence-corrected chi connectivity index (χ1v) is 10.5. The number of carbonyl (C=O) groups is 1. The Kier molecular flexibility index (Phi) is 4.67. The quantitative estimate of drug-likeness (QED) is 0.589. The monoisotopic (exact) mass is 421 g/mol. The zero-order valence-corrected chi connectivity index (χ0v) is 17.7. The molecule has 2 aromatic carbocycles. The third-order valence-corrected chi connectivity index (χ3v) is 6.00. The van der Waals surface area contributed by atoms with Crippen molar-refractivity contribution in [3.05, 3.63) is 108 Å². The summed E-state index contributed by atoms with van der Waals surface area (Å²) in [6, 6.07) is 13.6. The number of anilines is 1. The molecular formula is C27H23N3O2. The van der Waals surface area contributed by atoms with Crippen molar-refractivity contribution >= 4 is 27.9 Å². The van der Waals surface area contributed by atoms with Crippen LogP contribution in [0.15, 0.2) is 96.4 Å². The van der Waals surface area contributed by atoms with Crippen molar-refractivity contribution in [1.82, 2.24) is 4.98 Å². The van der Waals surface area contributed by atoms with E-state index in [1.807, 2.05) is 42.5 Å². The van der Waals surface area contributed by atoms with E-state index in [0.717, 1.165) is 38.3 Å². The molecule has 5 heteroatoms. The van der Waals surface area contributed by atoms with Gasteiger partial charge in [-0.15, -0.1) is 0 Å². The minimum atomic E-state index is -0.175. The molecule has 2 aliphatic rings. The number of H-pyrrole nitrogens is 1. The van der Waals surface area contributed by atoms with Gasteiger partial charge in [-0.2, -0.15) is 0 Å². The summed E-state index contributed by atoms with van der Waals surface area (Å²) in [4.78, 5) is 19.9. The van der Waals surface area contributed by atoms with E-state index in [-0.39, 0.29) is 11.7 Å². The first-order chi connectivity index (χ1) is 15.4. The predicted octanol–water partition coefficient (Wildman–Crippen LogP) is 4.08. The van der Waals surface area contributed by atoms with Crippen LogP contribution in [0.1, 0.15) is 18.5 Å². The summed E-state index contributed by atoms with van der Waals surface area (Å²) >= 11 is 0. The summed E-state index contributed by atoms with van der Waals surface area (Å²) in [5.74, 6) is 1.16. The Hall–Kier alpha value is -4.12. The summed E-state index contributed by atoms with van der Waals surface area (Å²) in [6.45, 7) is 12.1. The maximum absolute atomic E-state index is 11.9. The second kappa shape index (κ2) is 7.54. The lowest BCUT2D eigenvalue weighted by Crippen LogP contribution is -2.22. The maximum atomic E-state index is 11.9. The van der Waals surface area contributed by atoms with Gasteiger partial charge in [-0.1, -0.05) is 44.0 Å². The fourth-order valence-electron chi connectivity index (χ4n) is 4.33. The molecule has 2 heterocycles. The number of hydrogen-bond donors (Lipinski definition) is 2. The van der Waals surface area contributed by atoms with Crippen LogP contribution in [0.2, 0.25) is 0 Å². The van der Waals surface area contributed by atoms with Gasteiger partial charge in [-0.3, -0.25) is 4.79 Å². The van der Waals surface area contributed by atoms with Gasteiger partial charge in [0.05, 0.1) is 28.2 Å². The Balaban J connectivity index is 1.40. The summed E-state index contributed by atoms with van der Waals surface area (Å²) < 4.78 is 5.95. The number of ether oxygens (including phenoxy) is 1. The molecule has 1 aliphatic carbocycles. The fraction of sp³-hybridized carbons (Fsp3) is 0.111. The number of nitrogens with one attached hydrogen (secondary N) is 1. The van der Waals surface area contributed by atoms with Crippen LogP contribution < -0.4 is 21.0 Å². The molecule has 0 bridgehead atoms. The molecular weight excluding hydrogens is 398 g/mol. The number of para-hydroxylation sites is 1. The van der Waals surface area contributed by atoms with Crippen LogP contribution in [0, 0.1) is 5.92 Å². The SMILES string of the molecule is C=C(CCC1C(=C)C=CC1=O)Oc1ccc2[nH]c(C3=c4ccccc4=NC3=C)c(N)c2c1. The minimum Gasteiger partial charge on any atom is -0.462 e. The van der Waals surface area contributed by atoms with Crippen molar-refractivity contribution < 1.29 is 9.53 Å². The third-order valence-electron chi connectivity index (χ3n) is 6.00. The standard InChI is InChI=1S/C27H23N3O2/c1-15-8-13-24(31)19(15)11-9-16(2)32-18-10-12-23-21(14-18)26(28)27(30-23)25-17(3)29-22-7-5-4-6-20(22)25/h4-8,10,12-14,19,30H,1-3,9,11,28H2. The number of hydrogen-bond acceptors (Lipinski definition) is 4. The number of aromatic amines is 1. The van der Waals surface area contributed by atoms with Gasteiger partial charge < -0.3 is 15.5 Å². The Morgan fingerprint density at radius 3 is 2.75 bits per heavy atom. The van der Waals surface area contributed by atoms with E-state index >= 15 is 0 Å². The first kappa shape index (κ1) is 19.8. The van der Waals surface area contributed by atoms with Gasteiger partial charge in [0.15, 0.2) is 5.78 Å². The number of ketones is 1. The molecule has 0 amide bonds. The number of aromatic nitrogens is 1. The molecule has 1 atom stereocenters. The van der Waals surface area contributed by atoms with Crippen LogP contribution in [-0.2, 0) is 4.79 Å². The number of nitrogen functional groups attached to an aromatic ring is 1. The van der Waals surface area contributed by atoms with Crippen molar-refractivity contribution in [3.8, 4) is 5.75 Å². The smallest absolute Gasteiger partial charge is 0.163 e. The normalized spacial score (nSPS) is 17.2. The van der Waals surface area contributed by atoms with Crippen molar-refractivity contribution in [2.75, 3.05) is 5.73 Å². The van der Waals surface area contributed by atoms with E-state index in [0.29, 0.717) is 35.7 Å². The molecule has 0 saturated heterocycles. The topological polar surface area (TPSA) is 80.5 Å². The Morgan fingerprint density at radius 1 is 1.16 bits per heavy atom.